The molecule has 2 N–H and O–H groups in total. The van der Waals surface area contributed by atoms with Crippen LogP contribution >= 0.6 is 0 Å². The number of nitrogens with zero attached hydrogens (tertiary/aromatic N) is 3. The minimum absolute atomic E-state index is 0.240. The molecule has 2 saturated heterocycles. The first kappa shape index (κ1) is 25.1. The van der Waals surface area contributed by atoms with Crippen LogP contribution in [0.4, 0.5) is 24.7 Å². The quantitative estimate of drug-likeness (QED) is 0.462. The van der Waals surface area contributed by atoms with Crippen molar-refractivity contribution >= 4 is 28.3 Å². The van der Waals surface area contributed by atoms with Crippen LogP contribution in [0, 0.1) is 5.92 Å². The number of aromatic amines is 1. The van der Waals surface area contributed by atoms with Crippen molar-refractivity contribution in [2.45, 2.75) is 25.1 Å². The van der Waals surface area contributed by atoms with E-state index in [-0.39, 0.29) is 18.7 Å². The molecule has 3 aromatic rings. The topological polar surface area (TPSA) is 73.5 Å². The van der Waals surface area contributed by atoms with Gasteiger partial charge in [0.1, 0.15) is 11.9 Å². The Morgan fingerprint density at radius 3 is 2.49 bits per heavy atom. The molecule has 1 aromatic carbocycles. The number of likely N-dealkylation sites (tertiary alicyclic amines) is 1. The van der Waals surface area contributed by atoms with E-state index in [0.29, 0.717) is 32.0 Å². The Balaban J connectivity index is 1.31. The standard InChI is InChI=1S/C27H30F3N5O2/c1-2-24(36)34-11-8-19(9-12-34)25(27(28,29)30)32-20-5-3-18(4-6-20)23-17-21-22(33-23)7-10-31-26(21)35-13-15-37-16-14-35/h2-7,10,17,19,25,32-33H,1,8-9,11-16H2. The molecule has 0 spiro atoms. The Hall–Kier alpha value is -3.53. The van der Waals surface area contributed by atoms with E-state index in [1.807, 2.05) is 24.3 Å². The highest BCUT2D eigenvalue weighted by molar-refractivity contribution is 5.94. The molecule has 1 amide bonds. The molecule has 2 aliphatic rings. The summed E-state index contributed by atoms with van der Waals surface area (Å²) in [6.07, 6.45) is -0.870. The molecule has 5 rings (SSSR count). The largest absolute Gasteiger partial charge is 0.408 e. The molecule has 196 valence electrons. The number of anilines is 2. The van der Waals surface area contributed by atoms with Crippen molar-refractivity contribution in [3.8, 4) is 11.3 Å². The van der Waals surface area contributed by atoms with Gasteiger partial charge in [-0.2, -0.15) is 13.2 Å². The third-order valence-corrected chi connectivity index (χ3v) is 7.21. The summed E-state index contributed by atoms with van der Waals surface area (Å²) in [5.74, 6) is 0.0409. The van der Waals surface area contributed by atoms with Crippen LogP contribution in [0.25, 0.3) is 22.2 Å². The number of morpholine rings is 1. The number of piperidine rings is 1. The average Bonchev–Trinajstić information content (AvgIpc) is 3.36. The Kier molecular flexibility index (Phi) is 7.10. The van der Waals surface area contributed by atoms with E-state index in [0.717, 1.165) is 41.1 Å². The number of carbonyl (C=O) groups excluding carboxylic acids is 1. The van der Waals surface area contributed by atoms with E-state index in [1.54, 1.807) is 23.2 Å². The molecule has 2 aromatic heterocycles. The van der Waals surface area contributed by atoms with Gasteiger partial charge in [0.05, 0.1) is 18.7 Å². The smallest absolute Gasteiger partial charge is 0.378 e. The maximum Gasteiger partial charge on any atom is 0.408 e. The van der Waals surface area contributed by atoms with Gasteiger partial charge < -0.3 is 24.8 Å². The van der Waals surface area contributed by atoms with Gasteiger partial charge in [0.2, 0.25) is 5.91 Å². The second-order valence-corrected chi connectivity index (χ2v) is 9.49. The Morgan fingerprint density at radius 2 is 1.84 bits per heavy atom. The van der Waals surface area contributed by atoms with E-state index in [1.165, 1.54) is 6.08 Å². The minimum Gasteiger partial charge on any atom is -0.378 e. The SMILES string of the molecule is C=CC(=O)N1CCC(C(Nc2ccc(-c3cc4c(N5CCOCC5)nccc4[nH]3)cc2)C(F)(F)F)CC1. The monoisotopic (exact) mass is 513 g/mol. The molecule has 2 fully saturated rings. The van der Waals surface area contributed by atoms with E-state index in [2.05, 4.69) is 26.8 Å². The van der Waals surface area contributed by atoms with Crippen molar-refractivity contribution in [3.63, 3.8) is 0 Å². The lowest BCUT2D eigenvalue weighted by atomic mass is 9.88. The van der Waals surface area contributed by atoms with Crippen LogP contribution in [0.2, 0.25) is 0 Å². The van der Waals surface area contributed by atoms with Crippen LogP contribution in [-0.2, 0) is 9.53 Å². The molecule has 1 atom stereocenters. The number of carbonyl (C=O) groups is 1. The van der Waals surface area contributed by atoms with E-state index >= 15 is 0 Å². The van der Waals surface area contributed by atoms with Crippen molar-refractivity contribution in [3.05, 3.63) is 55.3 Å². The van der Waals surface area contributed by atoms with Gasteiger partial charge in [-0.15, -0.1) is 0 Å². The van der Waals surface area contributed by atoms with E-state index in [9.17, 15) is 18.0 Å². The molecule has 4 heterocycles. The second kappa shape index (κ2) is 10.5. The normalized spacial score (nSPS) is 18.1. The van der Waals surface area contributed by atoms with E-state index < -0.39 is 18.1 Å². The number of benzene rings is 1. The number of nitrogens with one attached hydrogen (secondary N) is 2. The highest BCUT2D eigenvalue weighted by Crippen LogP contribution is 2.35. The summed E-state index contributed by atoms with van der Waals surface area (Å²) in [7, 11) is 0. The fourth-order valence-corrected chi connectivity index (χ4v) is 5.20. The zero-order valence-electron chi connectivity index (χ0n) is 20.4. The lowest BCUT2D eigenvalue weighted by Gasteiger charge is -2.37. The molecule has 2 aliphatic heterocycles. The van der Waals surface area contributed by atoms with Gasteiger partial charge in [0.25, 0.3) is 0 Å². The summed E-state index contributed by atoms with van der Waals surface area (Å²) >= 11 is 0. The third kappa shape index (κ3) is 5.44. The average molecular weight is 514 g/mol. The number of rotatable bonds is 6. The number of hydrogen-bond donors (Lipinski definition) is 2. The Bertz CT molecular complexity index is 1240. The molecule has 1 unspecified atom stereocenters. The van der Waals surface area contributed by atoms with E-state index in [4.69, 9.17) is 4.74 Å². The fourth-order valence-electron chi connectivity index (χ4n) is 5.20. The van der Waals surface area contributed by atoms with Crippen LogP contribution in [0.3, 0.4) is 0 Å². The second-order valence-electron chi connectivity index (χ2n) is 9.49. The molecule has 37 heavy (non-hydrogen) atoms. The van der Waals surface area contributed by atoms with Crippen molar-refractivity contribution in [1.29, 1.82) is 0 Å². The highest BCUT2D eigenvalue weighted by Gasteiger charge is 2.45. The number of alkyl halides is 3. The van der Waals surface area contributed by atoms with Crippen molar-refractivity contribution in [2.75, 3.05) is 49.6 Å². The molecule has 0 radical (unpaired) electrons. The maximum absolute atomic E-state index is 14.0. The molecular weight excluding hydrogens is 483 g/mol. The van der Waals surface area contributed by atoms with Crippen molar-refractivity contribution in [1.82, 2.24) is 14.9 Å². The van der Waals surface area contributed by atoms with Crippen LogP contribution in [0.5, 0.6) is 0 Å². The Morgan fingerprint density at radius 1 is 1.14 bits per heavy atom. The number of amides is 1. The zero-order valence-corrected chi connectivity index (χ0v) is 20.4. The van der Waals surface area contributed by atoms with Gasteiger partial charge in [-0.25, -0.2) is 4.98 Å². The Labute approximate surface area is 213 Å². The van der Waals surface area contributed by atoms with Gasteiger partial charge >= 0.3 is 6.18 Å². The van der Waals surface area contributed by atoms with Crippen molar-refractivity contribution in [2.24, 2.45) is 5.92 Å². The molecule has 7 nitrogen and oxygen atoms in total. The van der Waals surface area contributed by atoms with Gasteiger partial charge in [-0.3, -0.25) is 4.79 Å². The minimum atomic E-state index is -4.41. The molecule has 10 heteroatoms. The summed E-state index contributed by atoms with van der Waals surface area (Å²) in [4.78, 5) is 23.5. The summed E-state index contributed by atoms with van der Waals surface area (Å²) in [6.45, 7) is 6.92. The van der Waals surface area contributed by atoms with Crippen LogP contribution in [-0.4, -0.2) is 72.4 Å². The zero-order chi connectivity index (χ0) is 26.0. The number of fused-ring (bicyclic) bond motifs is 1. The number of pyridine rings is 1. The first-order valence-corrected chi connectivity index (χ1v) is 12.5. The summed E-state index contributed by atoms with van der Waals surface area (Å²) in [5, 5.41) is 3.72. The number of H-pyrrole nitrogens is 1. The summed E-state index contributed by atoms with van der Waals surface area (Å²) in [6, 6.07) is 9.25. The lowest BCUT2D eigenvalue weighted by molar-refractivity contribution is -0.157. The molecule has 0 bridgehead atoms. The van der Waals surface area contributed by atoms with Crippen LogP contribution in [0.15, 0.2) is 55.3 Å². The third-order valence-electron chi connectivity index (χ3n) is 7.21. The van der Waals surface area contributed by atoms with Gasteiger partial charge in [0.15, 0.2) is 0 Å². The molecule has 0 aliphatic carbocycles. The first-order valence-electron chi connectivity index (χ1n) is 12.5. The van der Waals surface area contributed by atoms with Gasteiger partial charge in [0, 0.05) is 49.1 Å². The highest BCUT2D eigenvalue weighted by atomic mass is 19.4. The van der Waals surface area contributed by atoms with Crippen molar-refractivity contribution < 1.29 is 22.7 Å². The van der Waals surface area contributed by atoms with Crippen LogP contribution < -0.4 is 10.2 Å². The number of hydrogen-bond acceptors (Lipinski definition) is 5. The maximum atomic E-state index is 14.0. The van der Waals surface area contributed by atoms with Gasteiger partial charge in [-0.1, -0.05) is 18.7 Å². The summed E-state index contributed by atoms with van der Waals surface area (Å²) < 4.78 is 47.4. The fraction of sp³-hybridized carbons (Fsp3) is 0.407. The lowest BCUT2D eigenvalue weighted by Crippen LogP contribution is -2.48. The van der Waals surface area contributed by atoms with Gasteiger partial charge in [-0.05, 0) is 54.7 Å². The molecular formula is C27H30F3N5O2. The number of aromatic nitrogens is 2. The predicted octanol–water partition coefficient (Wildman–Crippen LogP) is 4.83. The molecule has 0 saturated carbocycles. The predicted molar refractivity (Wildman–Crippen MR) is 138 cm³/mol. The van der Waals surface area contributed by atoms with Crippen LogP contribution in [0.1, 0.15) is 12.8 Å². The number of ether oxygens (including phenoxy) is 1. The summed E-state index contributed by atoms with van der Waals surface area (Å²) in [5.41, 5.74) is 3.10. The number of halogens is 3. The first-order chi connectivity index (χ1) is 17.8.